The van der Waals surface area contributed by atoms with Gasteiger partial charge >= 0.3 is 0 Å². The number of allylic oxidation sites excluding steroid dienone is 2. The van der Waals surface area contributed by atoms with Crippen LogP contribution in [0.5, 0.6) is 17.2 Å². The van der Waals surface area contributed by atoms with Crippen molar-refractivity contribution in [3.8, 4) is 28.4 Å². The predicted molar refractivity (Wildman–Crippen MR) is 157 cm³/mol. The average Bonchev–Trinajstić information content (AvgIpc) is 3.39. The van der Waals surface area contributed by atoms with Crippen molar-refractivity contribution >= 4 is 22.6 Å². The molecular formula is C36H25NO2. The fourth-order valence-electron chi connectivity index (χ4n) is 6.03. The van der Waals surface area contributed by atoms with Gasteiger partial charge in [0.2, 0.25) is 0 Å². The van der Waals surface area contributed by atoms with Gasteiger partial charge in [-0.1, -0.05) is 91.0 Å². The van der Waals surface area contributed by atoms with E-state index in [1.54, 1.807) is 0 Å². The van der Waals surface area contributed by atoms with E-state index in [2.05, 4.69) is 120 Å². The van der Waals surface area contributed by atoms with Crippen LogP contribution in [0.1, 0.15) is 17.0 Å². The Kier molecular flexibility index (Phi) is 4.95. The molecule has 3 heteroatoms. The topological polar surface area (TPSA) is 21.7 Å². The normalized spacial score (nSPS) is 18.2. The highest BCUT2D eigenvalue weighted by Gasteiger charge is 2.37. The van der Waals surface area contributed by atoms with Crippen LogP contribution in [-0.2, 0) is 0 Å². The van der Waals surface area contributed by atoms with Crippen LogP contribution in [-0.4, -0.2) is 6.10 Å². The maximum Gasteiger partial charge on any atom is 0.152 e. The van der Waals surface area contributed by atoms with E-state index >= 15 is 0 Å². The summed E-state index contributed by atoms with van der Waals surface area (Å²) in [4.78, 5) is 2.29. The van der Waals surface area contributed by atoms with E-state index in [1.165, 1.54) is 22.3 Å². The summed E-state index contributed by atoms with van der Waals surface area (Å²) in [7, 11) is 0. The van der Waals surface area contributed by atoms with Gasteiger partial charge in [0.15, 0.2) is 11.5 Å². The van der Waals surface area contributed by atoms with Crippen molar-refractivity contribution in [2.24, 2.45) is 0 Å². The third-order valence-electron chi connectivity index (χ3n) is 7.85. The van der Waals surface area contributed by atoms with Gasteiger partial charge in [-0.15, -0.1) is 0 Å². The Morgan fingerprint density at radius 1 is 0.564 bits per heavy atom. The lowest BCUT2D eigenvalue weighted by atomic mass is 9.81. The molecule has 2 unspecified atom stereocenters. The van der Waals surface area contributed by atoms with E-state index in [0.29, 0.717) is 0 Å². The Labute approximate surface area is 227 Å². The standard InChI is InChI=1S/C36H25NO2/c1-2-9-24(10-3-1)25-17-20-27(21-18-25)37-30-13-5-7-15-33(30)39-35-23-26(19-22-31(35)37)28-12-8-16-34-36(28)29-11-4-6-14-32(29)38-34/h1-23,34,36H. The third-order valence-corrected chi connectivity index (χ3v) is 7.85. The summed E-state index contributed by atoms with van der Waals surface area (Å²) in [5, 5.41) is 0. The summed E-state index contributed by atoms with van der Waals surface area (Å²) in [5.41, 5.74) is 9.19. The molecule has 39 heavy (non-hydrogen) atoms. The van der Waals surface area contributed by atoms with E-state index < -0.39 is 0 Å². The maximum atomic E-state index is 6.52. The van der Waals surface area contributed by atoms with Crippen molar-refractivity contribution < 1.29 is 9.47 Å². The van der Waals surface area contributed by atoms with E-state index in [4.69, 9.17) is 9.47 Å². The second-order valence-corrected chi connectivity index (χ2v) is 10.1. The Hall–Kier alpha value is -5.02. The smallest absolute Gasteiger partial charge is 0.152 e. The van der Waals surface area contributed by atoms with Crippen LogP contribution in [0.3, 0.4) is 0 Å². The minimum Gasteiger partial charge on any atom is -0.485 e. The van der Waals surface area contributed by atoms with E-state index in [1.807, 2.05) is 24.3 Å². The van der Waals surface area contributed by atoms with Gasteiger partial charge in [0.1, 0.15) is 11.9 Å². The first-order valence-electron chi connectivity index (χ1n) is 13.3. The molecule has 3 nitrogen and oxygen atoms in total. The molecule has 0 fully saturated rings. The van der Waals surface area contributed by atoms with Gasteiger partial charge < -0.3 is 14.4 Å². The van der Waals surface area contributed by atoms with Crippen molar-refractivity contribution in [1.82, 2.24) is 0 Å². The summed E-state index contributed by atoms with van der Waals surface area (Å²) in [5.74, 6) is 2.83. The molecule has 0 spiro atoms. The largest absolute Gasteiger partial charge is 0.485 e. The zero-order chi connectivity index (χ0) is 25.8. The van der Waals surface area contributed by atoms with Crippen molar-refractivity contribution in [1.29, 1.82) is 0 Å². The fraction of sp³-hybridized carbons (Fsp3) is 0.0556. The van der Waals surface area contributed by atoms with Crippen LogP contribution in [0, 0.1) is 0 Å². The fourth-order valence-corrected chi connectivity index (χ4v) is 6.03. The molecule has 1 aliphatic carbocycles. The van der Waals surface area contributed by atoms with Crippen LogP contribution < -0.4 is 14.4 Å². The average molecular weight is 504 g/mol. The van der Waals surface area contributed by atoms with Crippen molar-refractivity contribution in [2.75, 3.05) is 4.90 Å². The first-order valence-corrected chi connectivity index (χ1v) is 13.3. The number of hydrogen-bond acceptors (Lipinski definition) is 3. The third kappa shape index (κ3) is 3.58. The first-order chi connectivity index (χ1) is 19.3. The Morgan fingerprint density at radius 2 is 1.26 bits per heavy atom. The Bertz CT molecular complexity index is 1770. The molecule has 186 valence electrons. The summed E-state index contributed by atoms with van der Waals surface area (Å²) >= 11 is 0. The monoisotopic (exact) mass is 503 g/mol. The molecule has 0 aromatic heterocycles. The molecular weight excluding hydrogens is 478 g/mol. The van der Waals surface area contributed by atoms with Crippen LogP contribution in [0.25, 0.3) is 16.7 Å². The summed E-state index contributed by atoms with van der Waals surface area (Å²) in [6.07, 6.45) is 6.49. The minimum atomic E-state index is 0.0136. The lowest BCUT2D eigenvalue weighted by molar-refractivity contribution is 0.271. The molecule has 0 saturated heterocycles. The maximum absolute atomic E-state index is 6.52. The molecule has 3 aliphatic rings. The minimum absolute atomic E-state index is 0.0136. The SMILES string of the molecule is C1=CC2Oc3ccccc3C2C(c2ccc3c(c2)Oc2ccccc2N3c2ccc(-c3ccccc3)cc2)=C1. The second kappa shape index (κ2) is 8.78. The van der Waals surface area contributed by atoms with E-state index in [-0.39, 0.29) is 12.0 Å². The molecule has 0 bridgehead atoms. The van der Waals surface area contributed by atoms with E-state index in [0.717, 1.165) is 39.9 Å². The number of ether oxygens (including phenoxy) is 2. The molecule has 0 amide bonds. The van der Waals surface area contributed by atoms with Gasteiger partial charge in [-0.05, 0) is 70.8 Å². The number of anilines is 3. The molecule has 5 aromatic carbocycles. The summed E-state index contributed by atoms with van der Waals surface area (Å²) in [6, 6.07) is 42.4. The van der Waals surface area contributed by atoms with Gasteiger partial charge in [-0.2, -0.15) is 0 Å². The van der Waals surface area contributed by atoms with Gasteiger partial charge in [-0.25, -0.2) is 0 Å². The number of nitrogens with zero attached hydrogens (tertiary/aromatic N) is 1. The van der Waals surface area contributed by atoms with Gasteiger partial charge in [0, 0.05) is 11.3 Å². The Balaban J connectivity index is 1.21. The molecule has 2 atom stereocenters. The number of benzene rings is 5. The second-order valence-electron chi connectivity index (χ2n) is 10.1. The van der Waals surface area contributed by atoms with Crippen molar-refractivity contribution in [3.63, 3.8) is 0 Å². The lowest BCUT2D eigenvalue weighted by Crippen LogP contribution is -2.20. The molecule has 0 saturated carbocycles. The van der Waals surface area contributed by atoms with Crippen molar-refractivity contribution in [2.45, 2.75) is 12.0 Å². The highest BCUT2D eigenvalue weighted by atomic mass is 16.5. The predicted octanol–water partition coefficient (Wildman–Crippen LogP) is 9.43. The molecule has 8 rings (SSSR count). The lowest BCUT2D eigenvalue weighted by Gasteiger charge is -2.33. The molecule has 5 aromatic rings. The number of hydrogen-bond donors (Lipinski definition) is 0. The molecule has 0 radical (unpaired) electrons. The van der Waals surface area contributed by atoms with Gasteiger partial charge in [0.05, 0.1) is 17.3 Å². The van der Waals surface area contributed by atoms with Gasteiger partial charge in [0.25, 0.3) is 0 Å². The quantitative estimate of drug-likeness (QED) is 0.240. The van der Waals surface area contributed by atoms with Crippen LogP contribution in [0.15, 0.2) is 140 Å². The Morgan fingerprint density at radius 3 is 2.13 bits per heavy atom. The van der Waals surface area contributed by atoms with Crippen LogP contribution in [0.4, 0.5) is 17.1 Å². The number of rotatable bonds is 3. The first kappa shape index (κ1) is 22.0. The highest BCUT2D eigenvalue weighted by Crippen LogP contribution is 2.53. The highest BCUT2D eigenvalue weighted by molar-refractivity contribution is 5.89. The number of fused-ring (bicyclic) bond motifs is 5. The van der Waals surface area contributed by atoms with Crippen LogP contribution >= 0.6 is 0 Å². The zero-order valence-electron chi connectivity index (χ0n) is 21.2. The number of para-hydroxylation sites is 3. The van der Waals surface area contributed by atoms with Crippen LogP contribution in [0.2, 0.25) is 0 Å². The zero-order valence-corrected chi connectivity index (χ0v) is 21.2. The molecule has 0 N–H and O–H groups in total. The van der Waals surface area contributed by atoms with Crippen molar-refractivity contribution in [3.05, 3.63) is 151 Å². The molecule has 2 heterocycles. The summed E-state index contributed by atoms with van der Waals surface area (Å²) < 4.78 is 12.8. The molecule has 2 aliphatic heterocycles. The van der Waals surface area contributed by atoms with E-state index in [9.17, 15) is 0 Å². The summed E-state index contributed by atoms with van der Waals surface area (Å²) in [6.45, 7) is 0. The van der Waals surface area contributed by atoms with Gasteiger partial charge in [-0.3, -0.25) is 0 Å².